The van der Waals surface area contributed by atoms with Crippen LogP contribution in [0.15, 0.2) is 12.3 Å². The fourth-order valence-electron chi connectivity index (χ4n) is 2.29. The van der Waals surface area contributed by atoms with Crippen molar-refractivity contribution in [2.45, 2.75) is 24.5 Å². The molecule has 1 saturated heterocycles. The van der Waals surface area contributed by atoms with Gasteiger partial charge in [-0.15, -0.1) is 11.8 Å². The second-order valence-electron chi connectivity index (χ2n) is 4.91. The molecule has 4 nitrogen and oxygen atoms in total. The van der Waals surface area contributed by atoms with E-state index >= 15 is 0 Å². The van der Waals surface area contributed by atoms with Gasteiger partial charge in [-0.25, -0.2) is 0 Å². The molecule has 0 spiro atoms. The fourth-order valence-corrected chi connectivity index (χ4v) is 3.26. The van der Waals surface area contributed by atoms with Gasteiger partial charge in [-0.05, 0) is 32.1 Å². The zero-order valence-corrected chi connectivity index (χ0v) is 13.1. The maximum atomic E-state index is 12.4. The molecule has 1 fully saturated rings. The number of nitrogens with zero attached hydrogens (tertiary/aromatic N) is 3. The number of rotatable bonds is 2. The maximum Gasteiger partial charge on any atom is 0.256 e. The van der Waals surface area contributed by atoms with Gasteiger partial charge in [0.05, 0.1) is 16.7 Å². The molecule has 0 aromatic carbocycles. The van der Waals surface area contributed by atoms with Crippen LogP contribution < -0.4 is 0 Å². The second kappa shape index (κ2) is 6.02. The predicted octanol–water partition coefficient (Wildman–Crippen LogP) is 2.90. The molecule has 1 aromatic heterocycles. The lowest BCUT2D eigenvalue weighted by atomic mass is 9.97. The van der Waals surface area contributed by atoms with Crippen molar-refractivity contribution >= 4 is 29.3 Å². The Hall–Kier alpha value is -1.25. The maximum absolute atomic E-state index is 12.4. The SMILES string of the molecule is CSC1(C#N)CCN(C(=O)c2cnc(C)cc2Cl)CC1. The van der Waals surface area contributed by atoms with Crippen molar-refractivity contribution in [2.24, 2.45) is 0 Å². The summed E-state index contributed by atoms with van der Waals surface area (Å²) in [6.45, 7) is 3.00. The van der Waals surface area contributed by atoms with Gasteiger partial charge < -0.3 is 4.90 Å². The second-order valence-corrected chi connectivity index (χ2v) is 6.50. The number of piperidine rings is 1. The number of pyridine rings is 1. The minimum Gasteiger partial charge on any atom is -0.338 e. The van der Waals surface area contributed by atoms with Gasteiger partial charge in [0.1, 0.15) is 4.75 Å². The van der Waals surface area contributed by atoms with Crippen molar-refractivity contribution in [3.05, 3.63) is 28.5 Å². The molecule has 1 aromatic rings. The molecular formula is C14H16ClN3OS. The topological polar surface area (TPSA) is 57.0 Å². The average Bonchev–Trinajstić information content (AvgIpc) is 2.47. The van der Waals surface area contributed by atoms with Gasteiger partial charge in [0, 0.05) is 25.0 Å². The van der Waals surface area contributed by atoms with E-state index in [4.69, 9.17) is 11.6 Å². The minimum absolute atomic E-state index is 0.102. The number of aromatic nitrogens is 1. The van der Waals surface area contributed by atoms with Crippen LogP contribution in [0.5, 0.6) is 0 Å². The monoisotopic (exact) mass is 309 g/mol. The molecule has 1 amide bonds. The summed E-state index contributed by atoms with van der Waals surface area (Å²) < 4.78 is -0.355. The van der Waals surface area contributed by atoms with Crippen LogP contribution in [0.4, 0.5) is 0 Å². The highest BCUT2D eigenvalue weighted by molar-refractivity contribution is 8.00. The summed E-state index contributed by atoms with van der Waals surface area (Å²) in [7, 11) is 0. The van der Waals surface area contributed by atoms with Gasteiger partial charge in [-0.2, -0.15) is 5.26 Å². The summed E-state index contributed by atoms with van der Waals surface area (Å²) in [6, 6.07) is 4.07. The number of aryl methyl sites for hydroxylation is 1. The molecule has 0 radical (unpaired) electrons. The fraction of sp³-hybridized carbons (Fsp3) is 0.500. The van der Waals surface area contributed by atoms with Crippen LogP contribution in [0.3, 0.4) is 0 Å². The molecular weight excluding hydrogens is 294 g/mol. The number of hydrogen-bond donors (Lipinski definition) is 0. The third kappa shape index (κ3) is 2.92. The molecule has 20 heavy (non-hydrogen) atoms. The molecule has 0 N–H and O–H groups in total. The third-order valence-electron chi connectivity index (χ3n) is 3.67. The lowest BCUT2D eigenvalue weighted by Crippen LogP contribution is -2.44. The van der Waals surface area contributed by atoms with E-state index in [1.54, 1.807) is 22.7 Å². The Morgan fingerprint density at radius 2 is 2.20 bits per heavy atom. The lowest BCUT2D eigenvalue weighted by Gasteiger charge is -2.36. The first-order valence-corrected chi connectivity index (χ1v) is 7.99. The number of likely N-dealkylation sites (tertiary alicyclic amines) is 1. The Bertz CT molecular complexity index is 562. The zero-order valence-electron chi connectivity index (χ0n) is 11.5. The van der Waals surface area contributed by atoms with E-state index in [9.17, 15) is 10.1 Å². The van der Waals surface area contributed by atoms with Gasteiger partial charge >= 0.3 is 0 Å². The van der Waals surface area contributed by atoms with E-state index in [0.29, 0.717) is 36.5 Å². The highest BCUT2D eigenvalue weighted by Crippen LogP contribution is 2.34. The molecule has 0 atom stereocenters. The van der Waals surface area contributed by atoms with Crippen molar-refractivity contribution < 1.29 is 4.79 Å². The average molecular weight is 310 g/mol. The molecule has 1 aliphatic rings. The number of thioether (sulfide) groups is 1. The smallest absolute Gasteiger partial charge is 0.256 e. The summed E-state index contributed by atoms with van der Waals surface area (Å²) in [6.07, 6.45) is 4.85. The number of amides is 1. The molecule has 0 bridgehead atoms. The normalized spacial score (nSPS) is 17.6. The molecule has 2 rings (SSSR count). The van der Waals surface area contributed by atoms with Crippen LogP contribution in [-0.2, 0) is 0 Å². The van der Waals surface area contributed by atoms with Crippen molar-refractivity contribution in [3.63, 3.8) is 0 Å². The van der Waals surface area contributed by atoms with Crippen molar-refractivity contribution in [2.75, 3.05) is 19.3 Å². The molecule has 106 valence electrons. The van der Waals surface area contributed by atoms with Gasteiger partial charge in [0.15, 0.2) is 0 Å². The number of halogens is 1. The summed E-state index contributed by atoms with van der Waals surface area (Å²) >= 11 is 7.68. The first kappa shape index (κ1) is 15.1. The van der Waals surface area contributed by atoms with Gasteiger partial charge in [0.25, 0.3) is 5.91 Å². The van der Waals surface area contributed by atoms with Gasteiger partial charge in [0.2, 0.25) is 0 Å². The molecule has 0 unspecified atom stereocenters. The quantitative estimate of drug-likeness (QED) is 0.843. The Morgan fingerprint density at radius 3 is 2.70 bits per heavy atom. The standard InChI is InChI=1S/C14H16ClN3OS/c1-10-7-12(15)11(8-17-10)13(19)18-5-3-14(9-16,20-2)4-6-18/h7-8H,3-6H2,1-2H3. The first-order valence-electron chi connectivity index (χ1n) is 6.39. The summed E-state index contributed by atoms with van der Waals surface area (Å²) in [5.74, 6) is -0.102. The van der Waals surface area contributed by atoms with E-state index < -0.39 is 0 Å². The number of carbonyl (C=O) groups excluding carboxylic acids is 1. The summed E-state index contributed by atoms with van der Waals surface area (Å²) in [5.41, 5.74) is 1.22. The Kier molecular flexibility index (Phi) is 4.56. The Morgan fingerprint density at radius 1 is 1.55 bits per heavy atom. The number of nitriles is 1. The van der Waals surface area contributed by atoms with Crippen LogP contribution in [0.1, 0.15) is 28.9 Å². The molecule has 0 aliphatic carbocycles. The first-order chi connectivity index (χ1) is 9.51. The van der Waals surface area contributed by atoms with Crippen molar-refractivity contribution in [3.8, 4) is 6.07 Å². The van der Waals surface area contributed by atoms with E-state index in [1.165, 1.54) is 6.20 Å². The minimum atomic E-state index is -0.355. The Balaban J connectivity index is 2.11. The number of carbonyl (C=O) groups is 1. The van der Waals surface area contributed by atoms with Crippen LogP contribution in [0.25, 0.3) is 0 Å². The highest BCUT2D eigenvalue weighted by Gasteiger charge is 2.35. The molecule has 0 saturated carbocycles. The zero-order chi connectivity index (χ0) is 14.8. The lowest BCUT2D eigenvalue weighted by molar-refractivity contribution is 0.0716. The molecule has 6 heteroatoms. The molecule has 1 aliphatic heterocycles. The Labute approximate surface area is 128 Å². The van der Waals surface area contributed by atoms with Crippen LogP contribution >= 0.6 is 23.4 Å². The largest absolute Gasteiger partial charge is 0.338 e. The van der Waals surface area contributed by atoms with Crippen LogP contribution in [0, 0.1) is 18.3 Å². The third-order valence-corrected chi connectivity index (χ3v) is 5.27. The van der Waals surface area contributed by atoms with Crippen LogP contribution in [-0.4, -0.2) is 39.9 Å². The van der Waals surface area contributed by atoms with E-state index in [0.717, 1.165) is 5.69 Å². The van der Waals surface area contributed by atoms with E-state index in [2.05, 4.69) is 11.1 Å². The molecule has 2 heterocycles. The van der Waals surface area contributed by atoms with Gasteiger partial charge in [-0.1, -0.05) is 11.6 Å². The highest BCUT2D eigenvalue weighted by atomic mass is 35.5. The van der Waals surface area contributed by atoms with Gasteiger partial charge in [-0.3, -0.25) is 9.78 Å². The van der Waals surface area contributed by atoms with E-state index in [1.807, 2.05) is 13.2 Å². The van der Waals surface area contributed by atoms with Crippen LogP contribution in [0.2, 0.25) is 5.02 Å². The predicted molar refractivity (Wildman–Crippen MR) is 81.0 cm³/mol. The summed E-state index contributed by atoms with van der Waals surface area (Å²) in [5, 5.41) is 9.69. The van der Waals surface area contributed by atoms with E-state index in [-0.39, 0.29) is 10.7 Å². The number of hydrogen-bond acceptors (Lipinski definition) is 4. The van der Waals surface area contributed by atoms with Crippen molar-refractivity contribution in [1.29, 1.82) is 5.26 Å². The summed E-state index contributed by atoms with van der Waals surface area (Å²) in [4.78, 5) is 18.3. The van der Waals surface area contributed by atoms with Crippen molar-refractivity contribution in [1.82, 2.24) is 9.88 Å².